The van der Waals surface area contributed by atoms with Crippen molar-refractivity contribution in [3.63, 3.8) is 0 Å². The molecule has 0 aliphatic carbocycles. The summed E-state index contributed by atoms with van der Waals surface area (Å²) in [6, 6.07) is 0.719. The van der Waals surface area contributed by atoms with E-state index in [1.54, 1.807) is 0 Å². The first-order valence-corrected chi connectivity index (χ1v) is 10.2. The van der Waals surface area contributed by atoms with Crippen LogP contribution in [0.2, 0.25) is 0 Å². The second-order valence-corrected chi connectivity index (χ2v) is 7.13. The summed E-state index contributed by atoms with van der Waals surface area (Å²) in [5, 5.41) is 6.79. The van der Waals surface area contributed by atoms with E-state index in [9.17, 15) is 0 Å². The van der Waals surface area contributed by atoms with Crippen LogP contribution in [0.15, 0.2) is 4.99 Å². The molecule has 7 heteroatoms. The van der Waals surface area contributed by atoms with Gasteiger partial charge in [0.2, 0.25) is 0 Å². The molecule has 2 unspecified atom stereocenters. The van der Waals surface area contributed by atoms with Gasteiger partial charge in [-0.25, -0.2) is 0 Å². The van der Waals surface area contributed by atoms with E-state index in [2.05, 4.69) is 34.4 Å². The van der Waals surface area contributed by atoms with Gasteiger partial charge in [-0.3, -0.25) is 9.89 Å². The SMILES string of the molecule is CCNC(=NCCCOCC1CCCO1)NCCN1CCCCC1C.I. The number of hydrogen-bond donors (Lipinski definition) is 2. The first-order chi connectivity index (χ1) is 12.3. The fraction of sp³-hybridized carbons (Fsp3) is 0.947. The number of piperidine rings is 1. The molecule has 2 fully saturated rings. The third kappa shape index (κ3) is 9.71. The molecule has 0 spiro atoms. The largest absolute Gasteiger partial charge is 0.379 e. The molecule has 0 amide bonds. The van der Waals surface area contributed by atoms with Gasteiger partial charge >= 0.3 is 0 Å². The summed E-state index contributed by atoms with van der Waals surface area (Å²) >= 11 is 0. The van der Waals surface area contributed by atoms with Gasteiger partial charge in [-0.05, 0) is 52.5 Å². The van der Waals surface area contributed by atoms with Crippen molar-refractivity contribution in [3.8, 4) is 0 Å². The predicted molar refractivity (Wildman–Crippen MR) is 119 cm³/mol. The summed E-state index contributed by atoms with van der Waals surface area (Å²) in [6.45, 7) is 11.8. The van der Waals surface area contributed by atoms with Crippen molar-refractivity contribution in [2.24, 2.45) is 4.99 Å². The molecule has 0 saturated carbocycles. The zero-order valence-electron chi connectivity index (χ0n) is 16.7. The normalized spacial score (nSPS) is 24.3. The van der Waals surface area contributed by atoms with Gasteiger partial charge in [0.05, 0.1) is 12.7 Å². The second-order valence-electron chi connectivity index (χ2n) is 7.13. The summed E-state index contributed by atoms with van der Waals surface area (Å²) in [6.07, 6.45) is 7.63. The monoisotopic (exact) mass is 482 g/mol. The average molecular weight is 482 g/mol. The predicted octanol–water partition coefficient (Wildman–Crippen LogP) is 2.62. The van der Waals surface area contributed by atoms with Crippen LogP contribution < -0.4 is 10.6 Å². The molecule has 0 aromatic heterocycles. The highest BCUT2D eigenvalue weighted by Gasteiger charge is 2.17. The molecule has 2 aliphatic heterocycles. The number of hydrogen-bond acceptors (Lipinski definition) is 4. The van der Waals surface area contributed by atoms with Crippen LogP contribution in [0.4, 0.5) is 0 Å². The lowest BCUT2D eigenvalue weighted by Gasteiger charge is -2.33. The minimum absolute atomic E-state index is 0. The number of nitrogens with one attached hydrogen (secondary N) is 2. The van der Waals surface area contributed by atoms with Gasteiger partial charge < -0.3 is 20.1 Å². The number of rotatable bonds is 10. The van der Waals surface area contributed by atoms with E-state index in [-0.39, 0.29) is 24.0 Å². The van der Waals surface area contributed by atoms with E-state index < -0.39 is 0 Å². The first-order valence-electron chi connectivity index (χ1n) is 10.2. The molecule has 2 N–H and O–H groups in total. The molecule has 2 saturated heterocycles. The first kappa shape index (κ1) is 23.9. The quantitative estimate of drug-likeness (QED) is 0.217. The maximum absolute atomic E-state index is 5.69. The van der Waals surface area contributed by atoms with E-state index in [0.29, 0.717) is 6.10 Å². The average Bonchev–Trinajstić information content (AvgIpc) is 3.13. The standard InChI is InChI=1S/C19H38N4O2.HI/c1-3-20-19(22-11-13-23-12-5-4-8-17(23)2)21-10-7-14-24-16-18-9-6-15-25-18;/h17-18H,3-16H2,1-2H3,(H2,20,21,22);1H. The lowest BCUT2D eigenvalue weighted by Crippen LogP contribution is -2.45. The third-order valence-electron chi connectivity index (χ3n) is 5.02. The van der Waals surface area contributed by atoms with Crippen LogP contribution >= 0.6 is 24.0 Å². The van der Waals surface area contributed by atoms with Crippen LogP contribution in [0.5, 0.6) is 0 Å². The van der Waals surface area contributed by atoms with Crippen molar-refractivity contribution in [2.75, 3.05) is 52.5 Å². The summed E-state index contributed by atoms with van der Waals surface area (Å²) < 4.78 is 11.2. The van der Waals surface area contributed by atoms with Gasteiger partial charge in [-0.2, -0.15) is 0 Å². The Balaban J connectivity index is 0.00000338. The molecule has 0 aromatic carbocycles. The number of likely N-dealkylation sites (tertiary alicyclic amines) is 1. The Bertz CT molecular complexity index is 379. The second kappa shape index (κ2) is 14.9. The molecule has 2 rings (SSSR count). The molecule has 0 bridgehead atoms. The van der Waals surface area contributed by atoms with E-state index in [0.717, 1.165) is 70.8 Å². The van der Waals surface area contributed by atoms with Crippen molar-refractivity contribution in [3.05, 3.63) is 0 Å². The van der Waals surface area contributed by atoms with Crippen molar-refractivity contribution in [2.45, 2.75) is 64.5 Å². The zero-order valence-corrected chi connectivity index (χ0v) is 19.0. The molecule has 6 nitrogen and oxygen atoms in total. The molecule has 2 atom stereocenters. The molecule has 154 valence electrons. The van der Waals surface area contributed by atoms with Crippen LogP contribution in [0.1, 0.15) is 52.4 Å². The van der Waals surface area contributed by atoms with E-state index >= 15 is 0 Å². The Morgan fingerprint density at radius 1 is 1.23 bits per heavy atom. The van der Waals surface area contributed by atoms with Gasteiger partial charge in [0.15, 0.2) is 5.96 Å². The lowest BCUT2D eigenvalue weighted by atomic mass is 10.0. The highest BCUT2D eigenvalue weighted by atomic mass is 127. The maximum Gasteiger partial charge on any atom is 0.191 e. The maximum atomic E-state index is 5.69. The van der Waals surface area contributed by atoms with Gasteiger partial charge in [-0.15, -0.1) is 24.0 Å². The molecule has 2 heterocycles. The van der Waals surface area contributed by atoms with Crippen LogP contribution in [0.25, 0.3) is 0 Å². The fourth-order valence-electron chi connectivity index (χ4n) is 3.50. The molecule has 0 radical (unpaired) electrons. The Labute approximate surface area is 176 Å². The number of halogens is 1. The topological polar surface area (TPSA) is 58.1 Å². The summed E-state index contributed by atoms with van der Waals surface area (Å²) in [4.78, 5) is 7.23. The van der Waals surface area contributed by atoms with Crippen LogP contribution in [0.3, 0.4) is 0 Å². The van der Waals surface area contributed by atoms with Gasteiger partial charge in [0.25, 0.3) is 0 Å². The smallest absolute Gasteiger partial charge is 0.191 e. The van der Waals surface area contributed by atoms with Crippen LogP contribution in [0, 0.1) is 0 Å². The number of aliphatic imine (C=N–C) groups is 1. The third-order valence-corrected chi connectivity index (χ3v) is 5.02. The Morgan fingerprint density at radius 2 is 2.12 bits per heavy atom. The fourth-order valence-corrected chi connectivity index (χ4v) is 3.50. The number of ether oxygens (including phenoxy) is 2. The van der Waals surface area contributed by atoms with Gasteiger partial charge in [0.1, 0.15) is 0 Å². The Hall–Kier alpha value is -0.120. The number of guanidine groups is 1. The summed E-state index contributed by atoms with van der Waals surface area (Å²) in [5.41, 5.74) is 0. The van der Waals surface area contributed by atoms with Crippen molar-refractivity contribution in [1.82, 2.24) is 15.5 Å². The highest BCUT2D eigenvalue weighted by Crippen LogP contribution is 2.15. The highest BCUT2D eigenvalue weighted by molar-refractivity contribution is 14.0. The molecular formula is C19H39IN4O2. The van der Waals surface area contributed by atoms with Gasteiger partial charge in [0, 0.05) is 45.4 Å². The lowest BCUT2D eigenvalue weighted by molar-refractivity contribution is 0.0171. The zero-order chi connectivity index (χ0) is 17.7. The van der Waals surface area contributed by atoms with E-state index in [1.165, 1.54) is 32.2 Å². The van der Waals surface area contributed by atoms with E-state index in [1.807, 2.05) is 0 Å². The van der Waals surface area contributed by atoms with E-state index in [4.69, 9.17) is 9.47 Å². The van der Waals surface area contributed by atoms with Gasteiger partial charge in [-0.1, -0.05) is 6.42 Å². The Kier molecular flexibility index (Phi) is 13.7. The van der Waals surface area contributed by atoms with Crippen molar-refractivity contribution >= 4 is 29.9 Å². The number of nitrogens with zero attached hydrogens (tertiary/aromatic N) is 2. The van der Waals surface area contributed by atoms with Crippen molar-refractivity contribution < 1.29 is 9.47 Å². The summed E-state index contributed by atoms with van der Waals surface area (Å²) in [5.74, 6) is 0.922. The minimum Gasteiger partial charge on any atom is -0.379 e. The Morgan fingerprint density at radius 3 is 2.85 bits per heavy atom. The molecule has 26 heavy (non-hydrogen) atoms. The summed E-state index contributed by atoms with van der Waals surface area (Å²) in [7, 11) is 0. The van der Waals surface area contributed by atoms with Crippen LogP contribution in [-0.4, -0.2) is 75.5 Å². The molecule has 0 aromatic rings. The minimum atomic E-state index is 0. The molecule has 2 aliphatic rings. The van der Waals surface area contributed by atoms with Crippen molar-refractivity contribution in [1.29, 1.82) is 0 Å². The van der Waals surface area contributed by atoms with Crippen LogP contribution in [-0.2, 0) is 9.47 Å². The molecular weight excluding hydrogens is 443 g/mol.